The van der Waals surface area contributed by atoms with Crippen molar-refractivity contribution < 1.29 is 4.42 Å². The Morgan fingerprint density at radius 2 is 0.875 bits per heavy atom. The first-order chi connectivity index (χ1) is 27.8. The molecule has 0 saturated carbocycles. The van der Waals surface area contributed by atoms with Crippen molar-refractivity contribution in [1.82, 2.24) is 0 Å². The van der Waals surface area contributed by atoms with Crippen LogP contribution in [0.15, 0.2) is 217 Å². The van der Waals surface area contributed by atoms with E-state index in [4.69, 9.17) is 4.42 Å². The van der Waals surface area contributed by atoms with Gasteiger partial charge < -0.3 is 9.32 Å². The molecule has 11 aromatic rings. The summed E-state index contributed by atoms with van der Waals surface area (Å²) in [6.45, 7) is 0. The van der Waals surface area contributed by atoms with Gasteiger partial charge in [-0.2, -0.15) is 0 Å². The Kier molecular flexibility index (Phi) is 7.53. The lowest BCUT2D eigenvalue weighted by Crippen LogP contribution is -2.11. The van der Waals surface area contributed by atoms with E-state index in [1.54, 1.807) is 0 Å². The van der Waals surface area contributed by atoms with E-state index in [0.29, 0.717) is 0 Å². The molecule has 0 fully saturated rings. The first-order valence-electron chi connectivity index (χ1n) is 19.2. The van der Waals surface area contributed by atoms with Gasteiger partial charge in [0, 0.05) is 22.0 Å². The monoisotopic (exact) mass is 713 g/mol. The molecular weight excluding hydrogens is 679 g/mol. The van der Waals surface area contributed by atoms with Gasteiger partial charge in [-0.3, -0.25) is 0 Å². The molecule has 2 nitrogen and oxygen atoms in total. The van der Waals surface area contributed by atoms with Crippen LogP contribution in [0.3, 0.4) is 0 Å². The van der Waals surface area contributed by atoms with E-state index in [1.807, 2.05) is 6.07 Å². The molecule has 0 aliphatic rings. The van der Waals surface area contributed by atoms with Crippen LogP contribution in [0.2, 0.25) is 0 Å². The topological polar surface area (TPSA) is 16.4 Å². The van der Waals surface area contributed by atoms with E-state index >= 15 is 0 Å². The lowest BCUT2D eigenvalue weighted by Gasteiger charge is -2.28. The van der Waals surface area contributed by atoms with Crippen molar-refractivity contribution in [2.24, 2.45) is 0 Å². The zero-order valence-corrected chi connectivity index (χ0v) is 30.6. The smallest absolute Gasteiger partial charge is 0.159 e. The maximum Gasteiger partial charge on any atom is 0.159 e. The summed E-state index contributed by atoms with van der Waals surface area (Å²) in [5, 5.41) is 9.72. The largest absolute Gasteiger partial charge is 0.454 e. The fraction of sp³-hybridized carbons (Fsp3) is 0. The lowest BCUT2D eigenvalue weighted by atomic mass is 9.93. The average Bonchev–Trinajstić information content (AvgIpc) is 3.66. The van der Waals surface area contributed by atoms with Crippen molar-refractivity contribution >= 4 is 71.3 Å². The second-order valence-electron chi connectivity index (χ2n) is 14.4. The second-order valence-corrected chi connectivity index (χ2v) is 14.4. The van der Waals surface area contributed by atoms with Gasteiger partial charge in [-0.25, -0.2) is 0 Å². The van der Waals surface area contributed by atoms with E-state index in [2.05, 4.69) is 211 Å². The molecule has 56 heavy (non-hydrogen) atoms. The van der Waals surface area contributed by atoms with E-state index < -0.39 is 0 Å². The van der Waals surface area contributed by atoms with Gasteiger partial charge in [0.2, 0.25) is 0 Å². The molecule has 0 saturated heterocycles. The molecule has 262 valence electrons. The van der Waals surface area contributed by atoms with Crippen molar-refractivity contribution in [1.29, 1.82) is 0 Å². The second kappa shape index (κ2) is 13.2. The minimum Gasteiger partial charge on any atom is -0.454 e. The predicted molar refractivity (Wildman–Crippen MR) is 237 cm³/mol. The molecule has 0 bridgehead atoms. The molecule has 0 amide bonds. The van der Waals surface area contributed by atoms with Gasteiger partial charge in [-0.15, -0.1) is 0 Å². The fourth-order valence-electron chi connectivity index (χ4n) is 8.64. The highest BCUT2D eigenvalue weighted by molar-refractivity contribution is 6.14. The van der Waals surface area contributed by atoms with Crippen LogP contribution in [0, 0.1) is 0 Å². The molecule has 10 aromatic carbocycles. The summed E-state index contributed by atoms with van der Waals surface area (Å²) in [6.07, 6.45) is 0. The highest BCUT2D eigenvalue weighted by Gasteiger charge is 2.22. The predicted octanol–water partition coefficient (Wildman–Crippen LogP) is 15.5. The third-order valence-corrected chi connectivity index (χ3v) is 11.2. The zero-order chi connectivity index (χ0) is 37.0. The fourth-order valence-corrected chi connectivity index (χ4v) is 8.64. The lowest BCUT2D eigenvalue weighted by molar-refractivity contribution is 0.669. The summed E-state index contributed by atoms with van der Waals surface area (Å²) in [5.41, 5.74) is 11.9. The number of nitrogens with zero attached hydrogens (tertiary/aromatic N) is 1. The standard InChI is InChI=1S/C54H35NO/c1-3-19-42-36(14-1)16-12-25-43(42)38-17-11-18-39(34-38)45-21-7-9-27-51(45)55(52-28-13-26-49-48-24-8-10-29-53(48)56-54(49)52)41-32-30-37(31-33-41)50-35-40-15-2-4-20-44(40)46-22-5-6-23-47(46)50/h1-35H. The van der Waals surface area contributed by atoms with Crippen LogP contribution < -0.4 is 4.90 Å². The van der Waals surface area contributed by atoms with Gasteiger partial charge in [0.15, 0.2) is 5.58 Å². The van der Waals surface area contributed by atoms with Crippen LogP contribution >= 0.6 is 0 Å². The van der Waals surface area contributed by atoms with Gasteiger partial charge >= 0.3 is 0 Å². The molecule has 0 radical (unpaired) electrons. The molecule has 2 heteroatoms. The summed E-state index contributed by atoms with van der Waals surface area (Å²) in [6, 6.07) is 76.4. The first kappa shape index (κ1) is 32.0. The van der Waals surface area contributed by atoms with Crippen LogP contribution in [-0.2, 0) is 0 Å². The van der Waals surface area contributed by atoms with E-state index in [9.17, 15) is 0 Å². The van der Waals surface area contributed by atoms with Gasteiger partial charge in [-0.05, 0) is 103 Å². The molecule has 0 aliphatic heterocycles. The molecule has 0 atom stereocenters. The molecule has 1 heterocycles. The molecule has 1 aromatic heterocycles. The van der Waals surface area contributed by atoms with Crippen LogP contribution in [0.5, 0.6) is 0 Å². The molecule has 0 aliphatic carbocycles. The molecule has 0 unspecified atom stereocenters. The number of hydrogen-bond acceptors (Lipinski definition) is 2. The Hall–Kier alpha value is -7.42. The molecule has 0 N–H and O–H groups in total. The number of fused-ring (bicyclic) bond motifs is 7. The van der Waals surface area contributed by atoms with E-state index in [1.165, 1.54) is 54.6 Å². The summed E-state index contributed by atoms with van der Waals surface area (Å²) >= 11 is 0. The number of hydrogen-bond donors (Lipinski definition) is 0. The minimum absolute atomic E-state index is 0.859. The van der Waals surface area contributed by atoms with Gasteiger partial charge in [0.05, 0.1) is 11.4 Å². The summed E-state index contributed by atoms with van der Waals surface area (Å²) < 4.78 is 6.71. The third-order valence-electron chi connectivity index (χ3n) is 11.2. The number of benzene rings is 10. The SMILES string of the molecule is c1cc(-c2ccccc2N(c2ccc(-c3cc4ccccc4c4ccccc34)cc2)c2cccc3c2oc2ccccc23)cc(-c2cccc3ccccc23)c1. The Labute approximate surface area is 325 Å². The van der Waals surface area contributed by atoms with Gasteiger partial charge in [0.25, 0.3) is 0 Å². The van der Waals surface area contributed by atoms with Crippen molar-refractivity contribution in [2.75, 3.05) is 4.90 Å². The van der Waals surface area contributed by atoms with Gasteiger partial charge in [-0.1, -0.05) is 170 Å². The number of furan rings is 1. The van der Waals surface area contributed by atoms with Crippen LogP contribution in [0.1, 0.15) is 0 Å². The molecule has 11 rings (SSSR count). The highest BCUT2D eigenvalue weighted by atomic mass is 16.3. The average molecular weight is 714 g/mol. The summed E-state index contributed by atoms with van der Waals surface area (Å²) in [7, 11) is 0. The summed E-state index contributed by atoms with van der Waals surface area (Å²) in [4.78, 5) is 2.37. The Morgan fingerprint density at radius 1 is 0.304 bits per heavy atom. The first-order valence-corrected chi connectivity index (χ1v) is 19.2. The number of para-hydroxylation sites is 3. The maximum atomic E-state index is 6.71. The quantitative estimate of drug-likeness (QED) is 0.160. The Bertz CT molecular complexity index is 3260. The van der Waals surface area contributed by atoms with Crippen molar-refractivity contribution in [2.45, 2.75) is 0 Å². The number of rotatable bonds is 6. The minimum atomic E-state index is 0.859. The summed E-state index contributed by atoms with van der Waals surface area (Å²) in [5.74, 6) is 0. The normalized spacial score (nSPS) is 11.6. The molecular formula is C54H35NO. The van der Waals surface area contributed by atoms with Crippen LogP contribution in [0.25, 0.3) is 87.6 Å². The highest BCUT2D eigenvalue weighted by Crippen LogP contribution is 2.46. The van der Waals surface area contributed by atoms with Crippen LogP contribution in [0.4, 0.5) is 17.1 Å². The molecule has 0 spiro atoms. The van der Waals surface area contributed by atoms with E-state index in [-0.39, 0.29) is 0 Å². The maximum absolute atomic E-state index is 6.71. The number of anilines is 3. The van der Waals surface area contributed by atoms with Crippen LogP contribution in [-0.4, -0.2) is 0 Å². The van der Waals surface area contributed by atoms with Crippen molar-refractivity contribution in [3.05, 3.63) is 212 Å². The zero-order valence-electron chi connectivity index (χ0n) is 30.6. The van der Waals surface area contributed by atoms with Crippen molar-refractivity contribution in [3.63, 3.8) is 0 Å². The third kappa shape index (κ3) is 5.26. The Morgan fingerprint density at radius 3 is 1.73 bits per heavy atom. The van der Waals surface area contributed by atoms with Gasteiger partial charge in [0.1, 0.15) is 5.58 Å². The van der Waals surface area contributed by atoms with E-state index in [0.717, 1.165) is 50.1 Å². The van der Waals surface area contributed by atoms with Crippen molar-refractivity contribution in [3.8, 4) is 33.4 Å². The Balaban J connectivity index is 1.11.